The first-order chi connectivity index (χ1) is 7.97. The largest absolute Gasteiger partial charge is 0.271 e. The van der Waals surface area contributed by atoms with Crippen LogP contribution in [0.25, 0.3) is 0 Å². The standard InChI is InChI=1S/C13H20F2N2/c1-8(2)9(3)12(17-16)7-10-5-4-6-11(14)13(10)15/h4-6,8-9,12,17H,7,16H2,1-3H3. The van der Waals surface area contributed by atoms with Crippen molar-refractivity contribution in [1.82, 2.24) is 5.43 Å². The first-order valence-electron chi connectivity index (χ1n) is 5.86. The molecule has 2 atom stereocenters. The van der Waals surface area contributed by atoms with E-state index >= 15 is 0 Å². The quantitative estimate of drug-likeness (QED) is 0.615. The lowest BCUT2D eigenvalue weighted by atomic mass is 9.87. The Labute approximate surface area is 101 Å². The molecule has 0 fully saturated rings. The number of hydrogen-bond acceptors (Lipinski definition) is 2. The average Bonchev–Trinajstić information content (AvgIpc) is 2.30. The van der Waals surface area contributed by atoms with E-state index in [-0.39, 0.29) is 12.0 Å². The molecule has 17 heavy (non-hydrogen) atoms. The molecular weight excluding hydrogens is 222 g/mol. The highest BCUT2D eigenvalue weighted by Crippen LogP contribution is 2.20. The van der Waals surface area contributed by atoms with Gasteiger partial charge in [0.15, 0.2) is 11.6 Å². The summed E-state index contributed by atoms with van der Waals surface area (Å²) in [5.74, 6) is 4.60. The van der Waals surface area contributed by atoms with Crippen molar-refractivity contribution in [2.75, 3.05) is 0 Å². The minimum Gasteiger partial charge on any atom is -0.271 e. The summed E-state index contributed by atoms with van der Waals surface area (Å²) in [6.07, 6.45) is 0.388. The minimum absolute atomic E-state index is 0.0636. The smallest absolute Gasteiger partial charge is 0.162 e. The summed E-state index contributed by atoms with van der Waals surface area (Å²) in [6, 6.07) is 4.17. The van der Waals surface area contributed by atoms with Gasteiger partial charge in [0.1, 0.15) is 0 Å². The van der Waals surface area contributed by atoms with Crippen LogP contribution in [0.2, 0.25) is 0 Å². The van der Waals surface area contributed by atoms with E-state index in [0.29, 0.717) is 17.9 Å². The van der Waals surface area contributed by atoms with Crippen LogP contribution in [0.15, 0.2) is 18.2 Å². The van der Waals surface area contributed by atoms with Crippen LogP contribution in [0, 0.1) is 23.5 Å². The fourth-order valence-electron chi connectivity index (χ4n) is 1.80. The zero-order valence-corrected chi connectivity index (χ0v) is 10.5. The molecule has 1 aromatic rings. The summed E-state index contributed by atoms with van der Waals surface area (Å²) < 4.78 is 26.6. The molecule has 0 aliphatic carbocycles. The summed E-state index contributed by atoms with van der Waals surface area (Å²) in [6.45, 7) is 6.21. The van der Waals surface area contributed by atoms with Crippen molar-refractivity contribution in [1.29, 1.82) is 0 Å². The molecule has 4 heteroatoms. The summed E-state index contributed by atoms with van der Waals surface area (Å²) in [5.41, 5.74) is 3.05. The number of halogens is 2. The molecule has 1 aromatic carbocycles. The van der Waals surface area contributed by atoms with E-state index < -0.39 is 11.6 Å². The van der Waals surface area contributed by atoms with Gasteiger partial charge in [-0.2, -0.15) is 0 Å². The van der Waals surface area contributed by atoms with E-state index in [0.717, 1.165) is 6.07 Å². The van der Waals surface area contributed by atoms with Crippen molar-refractivity contribution < 1.29 is 8.78 Å². The number of rotatable bonds is 5. The van der Waals surface area contributed by atoms with Gasteiger partial charge in [-0.1, -0.05) is 32.9 Å². The molecule has 0 radical (unpaired) electrons. The number of nitrogens with one attached hydrogen (secondary N) is 1. The Morgan fingerprint density at radius 1 is 1.24 bits per heavy atom. The molecule has 0 spiro atoms. The Hall–Kier alpha value is -1.00. The third-order valence-electron chi connectivity index (χ3n) is 3.37. The topological polar surface area (TPSA) is 38.0 Å². The van der Waals surface area contributed by atoms with E-state index in [1.165, 1.54) is 6.07 Å². The Bertz CT molecular complexity index is 366. The Balaban J connectivity index is 2.84. The van der Waals surface area contributed by atoms with Crippen molar-refractivity contribution in [3.8, 4) is 0 Å². The van der Waals surface area contributed by atoms with Gasteiger partial charge in [-0.15, -0.1) is 0 Å². The maximum absolute atomic E-state index is 13.5. The lowest BCUT2D eigenvalue weighted by Crippen LogP contribution is -2.43. The molecule has 0 saturated heterocycles. The normalized spacial score (nSPS) is 15.0. The molecule has 1 rings (SSSR count). The van der Waals surface area contributed by atoms with E-state index in [4.69, 9.17) is 5.84 Å². The minimum atomic E-state index is -0.810. The van der Waals surface area contributed by atoms with Crippen molar-refractivity contribution in [3.63, 3.8) is 0 Å². The molecule has 0 aromatic heterocycles. The molecule has 0 heterocycles. The van der Waals surface area contributed by atoms with Gasteiger partial charge in [-0.3, -0.25) is 11.3 Å². The van der Waals surface area contributed by atoms with Crippen molar-refractivity contribution >= 4 is 0 Å². The van der Waals surface area contributed by atoms with Gasteiger partial charge in [-0.25, -0.2) is 8.78 Å². The van der Waals surface area contributed by atoms with Gasteiger partial charge in [0.2, 0.25) is 0 Å². The number of benzene rings is 1. The highest BCUT2D eigenvalue weighted by Gasteiger charge is 2.21. The van der Waals surface area contributed by atoms with Crippen LogP contribution in [-0.4, -0.2) is 6.04 Å². The van der Waals surface area contributed by atoms with E-state index in [2.05, 4.69) is 19.3 Å². The van der Waals surface area contributed by atoms with Crippen LogP contribution < -0.4 is 11.3 Å². The SMILES string of the molecule is CC(C)C(C)C(Cc1cccc(F)c1F)NN. The highest BCUT2D eigenvalue weighted by atomic mass is 19.2. The van der Waals surface area contributed by atoms with Crippen LogP contribution in [-0.2, 0) is 6.42 Å². The molecule has 0 aliphatic rings. The van der Waals surface area contributed by atoms with E-state index in [1.54, 1.807) is 6.07 Å². The fourth-order valence-corrected chi connectivity index (χ4v) is 1.80. The number of hydrogen-bond donors (Lipinski definition) is 2. The van der Waals surface area contributed by atoms with Gasteiger partial charge in [0, 0.05) is 6.04 Å². The monoisotopic (exact) mass is 242 g/mol. The summed E-state index contributed by atoms with van der Waals surface area (Å²) >= 11 is 0. The molecule has 2 unspecified atom stereocenters. The molecular formula is C13H20F2N2. The zero-order valence-electron chi connectivity index (χ0n) is 10.5. The van der Waals surface area contributed by atoms with Gasteiger partial charge in [0.25, 0.3) is 0 Å². The van der Waals surface area contributed by atoms with Crippen LogP contribution in [0.1, 0.15) is 26.3 Å². The van der Waals surface area contributed by atoms with Gasteiger partial charge >= 0.3 is 0 Å². The number of nitrogens with two attached hydrogens (primary N) is 1. The Kier molecular flexibility index (Phi) is 5.02. The maximum Gasteiger partial charge on any atom is 0.162 e. The molecule has 0 bridgehead atoms. The van der Waals surface area contributed by atoms with Crippen LogP contribution in [0.5, 0.6) is 0 Å². The number of hydrazine groups is 1. The van der Waals surface area contributed by atoms with Gasteiger partial charge in [0.05, 0.1) is 0 Å². The van der Waals surface area contributed by atoms with Crippen molar-refractivity contribution in [2.24, 2.45) is 17.7 Å². The predicted molar refractivity (Wildman–Crippen MR) is 65.2 cm³/mol. The first kappa shape index (κ1) is 14.1. The Morgan fingerprint density at radius 3 is 2.41 bits per heavy atom. The second-order valence-electron chi connectivity index (χ2n) is 4.79. The molecule has 0 saturated carbocycles. The zero-order chi connectivity index (χ0) is 13.0. The lowest BCUT2D eigenvalue weighted by Gasteiger charge is -2.26. The Morgan fingerprint density at radius 2 is 1.88 bits per heavy atom. The van der Waals surface area contributed by atoms with Crippen molar-refractivity contribution in [2.45, 2.75) is 33.2 Å². The van der Waals surface area contributed by atoms with Gasteiger partial charge in [-0.05, 0) is 29.9 Å². The van der Waals surface area contributed by atoms with Crippen LogP contribution >= 0.6 is 0 Å². The molecule has 0 aliphatic heterocycles. The second kappa shape index (κ2) is 6.07. The highest BCUT2D eigenvalue weighted by molar-refractivity contribution is 5.20. The molecule has 96 valence electrons. The predicted octanol–water partition coefficient (Wildman–Crippen LogP) is 2.63. The summed E-state index contributed by atoms with van der Waals surface area (Å²) in [7, 11) is 0. The van der Waals surface area contributed by atoms with Crippen LogP contribution in [0.4, 0.5) is 8.78 Å². The van der Waals surface area contributed by atoms with E-state index in [9.17, 15) is 8.78 Å². The van der Waals surface area contributed by atoms with E-state index in [1.807, 2.05) is 6.92 Å². The van der Waals surface area contributed by atoms with Crippen molar-refractivity contribution in [3.05, 3.63) is 35.4 Å². The first-order valence-corrected chi connectivity index (χ1v) is 5.86. The molecule has 0 amide bonds. The third kappa shape index (κ3) is 3.48. The summed E-state index contributed by atoms with van der Waals surface area (Å²) in [5, 5.41) is 0. The fraction of sp³-hybridized carbons (Fsp3) is 0.538. The van der Waals surface area contributed by atoms with Gasteiger partial charge < -0.3 is 0 Å². The third-order valence-corrected chi connectivity index (χ3v) is 3.37. The molecule has 3 N–H and O–H groups in total. The molecule has 2 nitrogen and oxygen atoms in total. The second-order valence-corrected chi connectivity index (χ2v) is 4.79. The maximum atomic E-state index is 13.5. The lowest BCUT2D eigenvalue weighted by molar-refractivity contribution is 0.296. The summed E-state index contributed by atoms with van der Waals surface area (Å²) in [4.78, 5) is 0. The average molecular weight is 242 g/mol. The van der Waals surface area contributed by atoms with Crippen LogP contribution in [0.3, 0.4) is 0 Å².